The molecule has 0 saturated carbocycles. The molecular formula is C20H26N2O4. The molecule has 1 amide bonds. The lowest BCUT2D eigenvalue weighted by molar-refractivity contribution is -0.132. The zero-order valence-electron chi connectivity index (χ0n) is 15.2. The summed E-state index contributed by atoms with van der Waals surface area (Å²) < 4.78 is 11.3. The van der Waals surface area contributed by atoms with Gasteiger partial charge in [-0.1, -0.05) is 18.2 Å². The topological polar surface area (TPSA) is 71.6 Å². The predicted octanol–water partition coefficient (Wildman–Crippen LogP) is 2.71. The van der Waals surface area contributed by atoms with Gasteiger partial charge >= 0.3 is 0 Å². The highest BCUT2D eigenvalue weighted by molar-refractivity contribution is 5.79. The second-order valence-electron chi connectivity index (χ2n) is 6.76. The van der Waals surface area contributed by atoms with E-state index in [0.29, 0.717) is 31.7 Å². The van der Waals surface area contributed by atoms with Gasteiger partial charge in [-0.05, 0) is 37.8 Å². The lowest BCUT2D eigenvalue weighted by Gasteiger charge is -2.27. The highest BCUT2D eigenvalue weighted by Gasteiger charge is 2.18. The molecule has 140 valence electrons. The smallest absolute Gasteiger partial charge is 0.290 e. The van der Waals surface area contributed by atoms with Gasteiger partial charge < -0.3 is 19.4 Å². The lowest BCUT2D eigenvalue weighted by Crippen LogP contribution is -2.37. The van der Waals surface area contributed by atoms with Crippen molar-refractivity contribution in [3.8, 4) is 5.75 Å². The van der Waals surface area contributed by atoms with Gasteiger partial charge in [-0.15, -0.1) is 0 Å². The van der Waals surface area contributed by atoms with Crippen LogP contribution in [0.1, 0.15) is 32.1 Å². The van der Waals surface area contributed by atoms with Gasteiger partial charge in [0, 0.05) is 37.5 Å². The van der Waals surface area contributed by atoms with E-state index in [4.69, 9.17) is 9.47 Å². The third-order valence-electron chi connectivity index (χ3n) is 4.69. The molecule has 0 aliphatic carbocycles. The van der Waals surface area contributed by atoms with Crippen molar-refractivity contribution in [1.82, 2.24) is 9.88 Å². The van der Waals surface area contributed by atoms with Crippen LogP contribution in [0.4, 0.5) is 0 Å². The van der Waals surface area contributed by atoms with E-state index < -0.39 is 0 Å². The maximum absolute atomic E-state index is 12.2. The van der Waals surface area contributed by atoms with E-state index >= 15 is 0 Å². The summed E-state index contributed by atoms with van der Waals surface area (Å²) >= 11 is 0. The summed E-state index contributed by atoms with van der Waals surface area (Å²) in [5, 5.41) is 0.922. The van der Waals surface area contributed by atoms with Crippen LogP contribution in [0.2, 0.25) is 0 Å². The average Bonchev–Trinajstić information content (AvgIpc) is 2.66. The Balaban J connectivity index is 1.44. The maximum atomic E-state index is 12.2. The number of likely N-dealkylation sites (N-methyl/N-ethyl adjacent to an activating group) is 1. The molecule has 1 fully saturated rings. The maximum Gasteiger partial charge on any atom is 0.290 e. The standard InChI is InChI=1S/C20H26N2O4/c1-22(14-16-8-4-5-11-25-16)19(23)10-6-12-26-18-13-15-7-2-3-9-17(15)21-20(18)24/h2-3,7,9,13,16H,4-6,8,10-12,14H2,1H3,(H,21,24). The van der Waals surface area contributed by atoms with Crippen molar-refractivity contribution in [2.24, 2.45) is 0 Å². The van der Waals surface area contributed by atoms with Crippen molar-refractivity contribution >= 4 is 16.8 Å². The average molecular weight is 358 g/mol. The van der Waals surface area contributed by atoms with E-state index in [2.05, 4.69) is 4.98 Å². The Hall–Kier alpha value is -2.34. The van der Waals surface area contributed by atoms with Crippen molar-refractivity contribution in [2.45, 2.75) is 38.2 Å². The van der Waals surface area contributed by atoms with Crippen molar-refractivity contribution in [3.05, 3.63) is 40.7 Å². The van der Waals surface area contributed by atoms with E-state index in [9.17, 15) is 9.59 Å². The molecule has 2 aromatic rings. The summed E-state index contributed by atoms with van der Waals surface area (Å²) in [4.78, 5) is 28.8. The zero-order valence-corrected chi connectivity index (χ0v) is 15.2. The summed E-state index contributed by atoms with van der Waals surface area (Å²) in [7, 11) is 1.81. The molecular weight excluding hydrogens is 332 g/mol. The minimum atomic E-state index is -0.249. The first-order valence-corrected chi connectivity index (χ1v) is 9.24. The first kappa shape index (κ1) is 18.5. The number of benzene rings is 1. The zero-order chi connectivity index (χ0) is 18.4. The summed E-state index contributed by atoms with van der Waals surface area (Å²) in [6.45, 7) is 1.77. The van der Waals surface area contributed by atoms with E-state index in [-0.39, 0.29) is 17.6 Å². The van der Waals surface area contributed by atoms with Crippen molar-refractivity contribution in [2.75, 3.05) is 26.8 Å². The van der Waals surface area contributed by atoms with Gasteiger partial charge in [-0.3, -0.25) is 9.59 Å². The van der Waals surface area contributed by atoms with Gasteiger partial charge in [-0.2, -0.15) is 0 Å². The molecule has 6 nitrogen and oxygen atoms in total. The molecule has 0 bridgehead atoms. The minimum absolute atomic E-state index is 0.0789. The molecule has 26 heavy (non-hydrogen) atoms. The van der Waals surface area contributed by atoms with Crippen LogP contribution in [-0.4, -0.2) is 48.7 Å². The second kappa shape index (κ2) is 8.85. The number of aromatic amines is 1. The Morgan fingerprint density at radius 1 is 1.35 bits per heavy atom. The molecule has 2 heterocycles. The summed E-state index contributed by atoms with van der Waals surface area (Å²) in [6.07, 6.45) is 4.42. The summed E-state index contributed by atoms with van der Waals surface area (Å²) in [5.41, 5.74) is 0.535. The molecule has 1 aliphatic rings. The van der Waals surface area contributed by atoms with E-state index in [1.165, 1.54) is 6.42 Å². The number of aromatic nitrogens is 1. The molecule has 1 aromatic heterocycles. The number of hydrogen-bond donors (Lipinski definition) is 1. The summed E-state index contributed by atoms with van der Waals surface area (Å²) in [5.74, 6) is 0.371. The number of rotatable bonds is 7. The fourth-order valence-electron chi connectivity index (χ4n) is 3.19. The molecule has 3 rings (SSSR count). The normalized spacial score (nSPS) is 17.2. The Morgan fingerprint density at radius 3 is 3.00 bits per heavy atom. The molecule has 1 N–H and O–H groups in total. The van der Waals surface area contributed by atoms with Crippen LogP contribution >= 0.6 is 0 Å². The van der Waals surface area contributed by atoms with E-state index in [1.54, 1.807) is 11.0 Å². The van der Waals surface area contributed by atoms with Gasteiger partial charge in [0.25, 0.3) is 5.56 Å². The van der Waals surface area contributed by atoms with Crippen LogP contribution in [0.5, 0.6) is 5.75 Å². The van der Waals surface area contributed by atoms with Gasteiger partial charge in [0.15, 0.2) is 5.75 Å². The molecule has 1 aromatic carbocycles. The molecule has 1 atom stereocenters. The molecule has 0 radical (unpaired) electrons. The van der Waals surface area contributed by atoms with Crippen molar-refractivity contribution in [1.29, 1.82) is 0 Å². The van der Waals surface area contributed by atoms with Crippen LogP contribution in [0, 0.1) is 0 Å². The second-order valence-corrected chi connectivity index (χ2v) is 6.76. The number of para-hydroxylation sites is 1. The number of amides is 1. The van der Waals surface area contributed by atoms with Crippen LogP contribution in [0.3, 0.4) is 0 Å². The molecule has 1 saturated heterocycles. The molecule has 1 unspecified atom stereocenters. The van der Waals surface area contributed by atoms with Gasteiger partial charge in [0.2, 0.25) is 5.91 Å². The van der Waals surface area contributed by atoms with Gasteiger partial charge in [0.1, 0.15) is 0 Å². The van der Waals surface area contributed by atoms with Crippen LogP contribution in [-0.2, 0) is 9.53 Å². The quantitative estimate of drug-likeness (QED) is 0.773. The molecule has 0 spiro atoms. The number of pyridine rings is 1. The third kappa shape index (κ3) is 4.85. The predicted molar refractivity (Wildman–Crippen MR) is 101 cm³/mol. The van der Waals surface area contributed by atoms with Crippen molar-refractivity contribution in [3.63, 3.8) is 0 Å². The number of H-pyrrole nitrogens is 1. The molecule has 1 aliphatic heterocycles. The van der Waals surface area contributed by atoms with Crippen LogP contribution in [0.15, 0.2) is 35.1 Å². The number of nitrogens with one attached hydrogen (secondary N) is 1. The lowest BCUT2D eigenvalue weighted by atomic mass is 10.1. The fraction of sp³-hybridized carbons (Fsp3) is 0.500. The number of carbonyl (C=O) groups is 1. The highest BCUT2D eigenvalue weighted by Crippen LogP contribution is 2.15. The van der Waals surface area contributed by atoms with Crippen LogP contribution < -0.4 is 10.3 Å². The van der Waals surface area contributed by atoms with E-state index in [1.807, 2.05) is 31.3 Å². The first-order chi connectivity index (χ1) is 12.6. The van der Waals surface area contributed by atoms with Crippen LogP contribution in [0.25, 0.3) is 10.9 Å². The largest absolute Gasteiger partial charge is 0.488 e. The molecule has 6 heteroatoms. The highest BCUT2D eigenvalue weighted by atomic mass is 16.5. The SMILES string of the molecule is CN(CC1CCCCO1)C(=O)CCCOc1cc2ccccc2[nH]c1=O. The number of fused-ring (bicyclic) bond motifs is 1. The number of hydrogen-bond acceptors (Lipinski definition) is 4. The third-order valence-corrected chi connectivity index (χ3v) is 4.69. The van der Waals surface area contributed by atoms with E-state index in [0.717, 1.165) is 30.4 Å². The Labute approximate surface area is 153 Å². The fourth-order valence-corrected chi connectivity index (χ4v) is 3.19. The number of carbonyl (C=O) groups excluding carboxylic acids is 1. The van der Waals surface area contributed by atoms with Gasteiger partial charge in [0.05, 0.1) is 12.7 Å². The van der Waals surface area contributed by atoms with Crippen molar-refractivity contribution < 1.29 is 14.3 Å². The number of ether oxygens (including phenoxy) is 2. The van der Waals surface area contributed by atoms with Gasteiger partial charge in [-0.25, -0.2) is 0 Å². The Bertz CT molecular complexity index is 796. The number of nitrogens with zero attached hydrogens (tertiary/aromatic N) is 1. The minimum Gasteiger partial charge on any atom is -0.488 e. The monoisotopic (exact) mass is 358 g/mol. The first-order valence-electron chi connectivity index (χ1n) is 9.24. The Kier molecular flexibility index (Phi) is 6.28. The Morgan fingerprint density at radius 2 is 2.19 bits per heavy atom. The summed E-state index contributed by atoms with van der Waals surface area (Å²) in [6, 6.07) is 9.30.